The lowest BCUT2D eigenvalue weighted by atomic mass is 10.2. The predicted octanol–water partition coefficient (Wildman–Crippen LogP) is 1.40. The van der Waals surface area contributed by atoms with Crippen molar-refractivity contribution >= 4 is 33.5 Å². The summed E-state index contributed by atoms with van der Waals surface area (Å²) >= 11 is 5.81. The van der Waals surface area contributed by atoms with Crippen molar-refractivity contribution in [3.8, 4) is 5.88 Å². The fraction of sp³-hybridized carbons (Fsp3) is 0.350. The van der Waals surface area contributed by atoms with E-state index in [1.54, 1.807) is 18.2 Å². The summed E-state index contributed by atoms with van der Waals surface area (Å²) in [6.45, 7) is 5.24. The average molecular weight is 512 g/mol. The molecular formula is C20H26ClN7O5S. The Bertz CT molecular complexity index is 1110. The van der Waals surface area contributed by atoms with Gasteiger partial charge in [-0.15, -0.1) is 6.58 Å². The first kappa shape index (κ1) is 27.0. The molecule has 1 amide bonds. The number of nitrogens with one attached hydrogen (secondary N) is 3. The maximum absolute atomic E-state index is 13.1. The number of hydrogen-bond donors (Lipinski definition) is 3. The number of halogens is 1. The largest absolute Gasteiger partial charge is 0.481 e. The van der Waals surface area contributed by atoms with E-state index in [0.29, 0.717) is 11.4 Å². The van der Waals surface area contributed by atoms with E-state index in [9.17, 15) is 13.2 Å². The molecule has 0 aliphatic rings. The van der Waals surface area contributed by atoms with Gasteiger partial charge in [0.1, 0.15) is 17.0 Å². The first-order valence-electron chi connectivity index (χ1n) is 9.96. The number of ether oxygens (including phenoxy) is 2. The minimum absolute atomic E-state index is 0.0489. The Kier molecular flexibility index (Phi) is 10.2. The van der Waals surface area contributed by atoms with Gasteiger partial charge in [0.15, 0.2) is 5.82 Å². The molecule has 2 aromatic heterocycles. The summed E-state index contributed by atoms with van der Waals surface area (Å²) < 4.78 is 38.8. The normalized spacial score (nSPS) is 13.5. The lowest BCUT2D eigenvalue weighted by molar-refractivity contribution is 0.0935. The van der Waals surface area contributed by atoms with Crippen LogP contribution in [0.3, 0.4) is 0 Å². The fourth-order valence-electron chi connectivity index (χ4n) is 2.57. The lowest BCUT2D eigenvalue weighted by Crippen LogP contribution is -2.52. The molecule has 0 fully saturated rings. The van der Waals surface area contributed by atoms with Crippen molar-refractivity contribution in [2.75, 3.05) is 20.8 Å². The number of guanidine groups is 1. The number of hydrogen-bond acceptors (Lipinski definition) is 9. The van der Waals surface area contributed by atoms with Gasteiger partial charge >= 0.3 is 0 Å². The second-order valence-corrected chi connectivity index (χ2v) is 9.19. The van der Waals surface area contributed by atoms with Gasteiger partial charge < -0.3 is 9.47 Å². The zero-order valence-corrected chi connectivity index (χ0v) is 20.4. The summed E-state index contributed by atoms with van der Waals surface area (Å²) in [7, 11) is -1.32. The molecule has 0 unspecified atom stereocenters. The van der Waals surface area contributed by atoms with Crippen molar-refractivity contribution in [1.82, 2.24) is 30.5 Å². The quantitative estimate of drug-likeness (QED) is 0.141. The average Bonchev–Trinajstić information content (AvgIpc) is 2.83. The number of rotatable bonds is 10. The molecule has 0 aromatic carbocycles. The van der Waals surface area contributed by atoms with Gasteiger partial charge in [0.2, 0.25) is 21.9 Å². The summed E-state index contributed by atoms with van der Waals surface area (Å²) in [6, 6.07) is 4.64. The predicted molar refractivity (Wildman–Crippen MR) is 127 cm³/mol. The Morgan fingerprint density at radius 1 is 1.26 bits per heavy atom. The van der Waals surface area contributed by atoms with Crippen LogP contribution in [-0.4, -0.2) is 61.3 Å². The zero-order chi connectivity index (χ0) is 25.1. The number of carbonyl (C=O) groups excluding carboxylic acids is 1. The van der Waals surface area contributed by atoms with Crippen molar-refractivity contribution in [2.45, 2.75) is 24.7 Å². The molecule has 14 heteroatoms. The number of pyridine rings is 1. The molecule has 0 aliphatic heterocycles. The molecule has 3 N–H and O–H groups in total. The number of carbonyl (C=O) groups is 1. The van der Waals surface area contributed by atoms with E-state index in [4.69, 9.17) is 21.1 Å². The van der Waals surface area contributed by atoms with Crippen LogP contribution in [-0.2, 0) is 14.8 Å². The standard InChI is InChI=1S/C20H26ClN7O5S/c1-5-6-10-22-20(27-26-19(29)15-8-7-9-16(25-15)32-3)28-34(30,31)13(2)17(33-4)18-23-11-14(21)12-24-18/h5,7-9,11-13,17H,1,6,10H2,2-4H3,(H,26,29)(H2,22,27,28)/t13-,17-/m0/s1. The highest BCUT2D eigenvalue weighted by Gasteiger charge is 2.33. The van der Waals surface area contributed by atoms with Crippen molar-refractivity contribution < 1.29 is 22.7 Å². The third kappa shape index (κ3) is 7.64. The monoisotopic (exact) mass is 511 g/mol. The maximum atomic E-state index is 13.1. The van der Waals surface area contributed by atoms with Gasteiger partial charge in [-0.2, -0.15) is 0 Å². The van der Waals surface area contributed by atoms with E-state index < -0.39 is 27.3 Å². The molecule has 2 heterocycles. The lowest BCUT2D eigenvalue weighted by Gasteiger charge is -2.23. The van der Waals surface area contributed by atoms with Crippen LogP contribution in [0.4, 0.5) is 0 Å². The molecule has 2 aromatic rings. The molecule has 0 radical (unpaired) electrons. The van der Waals surface area contributed by atoms with Crippen molar-refractivity contribution in [2.24, 2.45) is 4.99 Å². The molecule has 2 atom stereocenters. The second kappa shape index (κ2) is 12.8. The zero-order valence-electron chi connectivity index (χ0n) is 18.9. The Hall–Kier alpha value is -3.29. The third-order valence-electron chi connectivity index (χ3n) is 4.37. The smallest absolute Gasteiger partial charge is 0.288 e. The van der Waals surface area contributed by atoms with E-state index in [1.807, 2.05) is 0 Å². The van der Waals surface area contributed by atoms with Gasteiger partial charge in [0.25, 0.3) is 5.91 Å². The van der Waals surface area contributed by atoms with Crippen molar-refractivity contribution in [3.63, 3.8) is 0 Å². The van der Waals surface area contributed by atoms with Crippen LogP contribution in [0, 0.1) is 0 Å². The molecule has 12 nitrogen and oxygen atoms in total. The molecule has 0 spiro atoms. The van der Waals surface area contributed by atoms with E-state index in [2.05, 4.69) is 42.1 Å². The van der Waals surface area contributed by atoms with Crippen LogP contribution in [0.5, 0.6) is 5.88 Å². The summed E-state index contributed by atoms with van der Waals surface area (Å²) in [6.07, 6.45) is 3.78. The van der Waals surface area contributed by atoms with Gasteiger partial charge in [0.05, 0.1) is 12.1 Å². The molecule has 2 rings (SSSR count). The topological polar surface area (TPSA) is 157 Å². The molecule has 0 bridgehead atoms. The highest BCUT2D eigenvalue weighted by molar-refractivity contribution is 7.90. The third-order valence-corrected chi connectivity index (χ3v) is 6.27. The van der Waals surface area contributed by atoms with Gasteiger partial charge in [-0.3, -0.25) is 25.4 Å². The first-order valence-corrected chi connectivity index (χ1v) is 11.9. The number of nitrogens with zero attached hydrogens (tertiary/aromatic N) is 4. The number of sulfonamides is 1. The Morgan fingerprint density at radius 3 is 2.59 bits per heavy atom. The fourth-order valence-corrected chi connectivity index (χ4v) is 3.79. The van der Waals surface area contributed by atoms with Crippen LogP contribution in [0.25, 0.3) is 0 Å². The van der Waals surface area contributed by atoms with E-state index in [-0.39, 0.29) is 29.9 Å². The molecule has 0 aliphatic carbocycles. The van der Waals surface area contributed by atoms with Crippen LogP contribution in [0.2, 0.25) is 5.02 Å². The van der Waals surface area contributed by atoms with Crippen LogP contribution >= 0.6 is 11.6 Å². The van der Waals surface area contributed by atoms with Gasteiger partial charge in [0, 0.05) is 32.1 Å². The highest BCUT2D eigenvalue weighted by atomic mass is 35.5. The number of aromatic nitrogens is 3. The van der Waals surface area contributed by atoms with Crippen LogP contribution < -0.4 is 20.3 Å². The summed E-state index contributed by atoms with van der Waals surface area (Å²) in [5.41, 5.74) is 4.89. The SMILES string of the molecule is C=CCCN=C(NNC(=O)c1cccc(OC)n1)NS(=O)(=O)[C@@H](C)[C@H](OC)c1ncc(Cl)cn1. The molecule has 0 saturated carbocycles. The van der Waals surface area contributed by atoms with Crippen molar-refractivity contribution in [3.05, 3.63) is 59.8 Å². The van der Waals surface area contributed by atoms with E-state index in [0.717, 1.165) is 0 Å². The molecule has 0 saturated heterocycles. The van der Waals surface area contributed by atoms with Crippen molar-refractivity contribution in [1.29, 1.82) is 0 Å². The minimum atomic E-state index is -4.08. The molecule has 184 valence electrons. The Morgan fingerprint density at radius 2 is 1.97 bits per heavy atom. The van der Waals surface area contributed by atoms with Gasteiger partial charge in [-0.05, 0) is 19.4 Å². The number of amides is 1. The Balaban J connectivity index is 2.17. The summed E-state index contributed by atoms with van der Waals surface area (Å²) in [4.78, 5) is 28.7. The summed E-state index contributed by atoms with van der Waals surface area (Å²) in [5.74, 6) is -0.457. The van der Waals surface area contributed by atoms with Gasteiger partial charge in [-0.25, -0.2) is 23.4 Å². The van der Waals surface area contributed by atoms with Gasteiger partial charge in [-0.1, -0.05) is 23.7 Å². The number of hydrazine groups is 1. The highest BCUT2D eigenvalue weighted by Crippen LogP contribution is 2.22. The molecular weight excluding hydrogens is 486 g/mol. The first-order chi connectivity index (χ1) is 16.2. The number of methoxy groups -OCH3 is 2. The minimum Gasteiger partial charge on any atom is -0.481 e. The Labute approximate surface area is 202 Å². The second-order valence-electron chi connectivity index (χ2n) is 6.72. The summed E-state index contributed by atoms with van der Waals surface area (Å²) in [5, 5.41) is -0.838. The van der Waals surface area contributed by atoms with Crippen LogP contribution in [0.15, 0.2) is 48.2 Å². The number of aliphatic imine (C=N–C) groups is 1. The van der Waals surface area contributed by atoms with E-state index in [1.165, 1.54) is 39.6 Å². The van der Waals surface area contributed by atoms with E-state index >= 15 is 0 Å². The maximum Gasteiger partial charge on any atom is 0.288 e. The molecule has 34 heavy (non-hydrogen) atoms. The van der Waals surface area contributed by atoms with Crippen LogP contribution in [0.1, 0.15) is 35.8 Å².